The number of halogens is 2. The van der Waals surface area contributed by atoms with Gasteiger partial charge in [0.25, 0.3) is 0 Å². The number of hydrazone groups is 1. The molecule has 0 aliphatic carbocycles. The van der Waals surface area contributed by atoms with E-state index in [0.717, 1.165) is 5.57 Å². The molecule has 2 aromatic carbocycles. The van der Waals surface area contributed by atoms with E-state index in [4.69, 9.17) is 14.8 Å². The van der Waals surface area contributed by atoms with Crippen LogP contribution >= 0.6 is 0 Å². The lowest BCUT2D eigenvalue weighted by atomic mass is 10.2. The maximum Gasteiger partial charge on any atom is 0.222 e. The van der Waals surface area contributed by atoms with Gasteiger partial charge in [0.1, 0.15) is 58.9 Å². The van der Waals surface area contributed by atoms with Crippen molar-refractivity contribution in [3.05, 3.63) is 143 Å². The minimum atomic E-state index is -0.429. The van der Waals surface area contributed by atoms with Crippen LogP contribution < -0.4 is 32.6 Å². The highest BCUT2D eigenvalue weighted by Gasteiger charge is 2.30. The van der Waals surface area contributed by atoms with Crippen molar-refractivity contribution in [1.82, 2.24) is 56.8 Å². The predicted octanol–water partition coefficient (Wildman–Crippen LogP) is 2.50. The van der Waals surface area contributed by atoms with Gasteiger partial charge in [-0.15, -0.1) is 0 Å². The number of nitrogens with zero attached hydrogens (tertiary/aromatic N) is 10. The van der Waals surface area contributed by atoms with Crippen molar-refractivity contribution in [2.24, 2.45) is 25.8 Å². The highest BCUT2D eigenvalue weighted by Crippen LogP contribution is 2.25. The van der Waals surface area contributed by atoms with E-state index in [2.05, 4.69) is 67.5 Å². The number of rotatable bonds is 9. The monoisotopic (exact) mass is 798 g/mol. The Balaban J connectivity index is 0.000000153. The van der Waals surface area contributed by atoms with Gasteiger partial charge in [0.15, 0.2) is 23.7 Å². The molecule has 59 heavy (non-hydrogen) atoms. The summed E-state index contributed by atoms with van der Waals surface area (Å²) in [5, 5.41) is 26.9. The lowest BCUT2D eigenvalue weighted by Crippen LogP contribution is -2.36. The lowest BCUT2D eigenvalue weighted by Gasteiger charge is -2.16. The van der Waals surface area contributed by atoms with Gasteiger partial charge < -0.3 is 30.8 Å². The standard InChI is InChI=1S/C20H17FN8O2.C18H15FN8O/c1-11(30)23-18-13-9-22-20(24-19(13)26-25-18)16-8-17(15-6-7-31-28-15)29(27-16)10-12-4-2-3-5-14(12)21;19-12-4-2-1-3-10(12)9-27-15(13-5-6-28-26-13)7-14(25-27)18-21-8-11-16(20)23-24-17(11)22-18/h2-9,19,25-26H,10H2,1H3,(H,23,30);1-8,17,24H,9H2,(H2,20,23)(H,21,22). The van der Waals surface area contributed by atoms with Crippen molar-refractivity contribution in [2.75, 3.05) is 0 Å². The first-order chi connectivity index (χ1) is 28.8. The van der Waals surface area contributed by atoms with Crippen LogP contribution in [0.4, 0.5) is 8.78 Å². The maximum atomic E-state index is 14.2. The number of aromatic nitrogens is 6. The Morgan fingerprint density at radius 1 is 0.831 bits per heavy atom. The van der Waals surface area contributed by atoms with Gasteiger partial charge in [0, 0.05) is 42.6 Å². The van der Waals surface area contributed by atoms with Crippen molar-refractivity contribution < 1.29 is 22.6 Å². The Morgan fingerprint density at radius 2 is 1.46 bits per heavy atom. The first kappa shape index (κ1) is 36.6. The summed E-state index contributed by atoms with van der Waals surface area (Å²) in [4.78, 5) is 24.9. The summed E-state index contributed by atoms with van der Waals surface area (Å²) in [5.41, 5.74) is 20.6. The van der Waals surface area contributed by atoms with E-state index in [-0.39, 0.29) is 36.8 Å². The Labute approximate surface area is 332 Å². The second-order valence-corrected chi connectivity index (χ2v) is 13.2. The molecule has 1 amide bonds. The zero-order valence-corrected chi connectivity index (χ0v) is 30.8. The predicted molar refractivity (Wildman–Crippen MR) is 209 cm³/mol. The number of nitrogens with one attached hydrogen (secondary N) is 5. The smallest absolute Gasteiger partial charge is 0.222 e. The topological polar surface area (TPSA) is 240 Å². The van der Waals surface area contributed by atoms with E-state index in [9.17, 15) is 13.6 Å². The fraction of sp³-hybridized carbons (Fsp3) is 0.132. The van der Waals surface area contributed by atoms with Crippen molar-refractivity contribution in [2.45, 2.75) is 32.3 Å². The first-order valence-corrected chi connectivity index (χ1v) is 18.0. The normalized spacial score (nSPS) is 17.6. The Kier molecular flexibility index (Phi) is 9.58. The summed E-state index contributed by atoms with van der Waals surface area (Å²) < 4.78 is 41.6. The number of benzene rings is 2. The van der Waals surface area contributed by atoms with Crippen LogP contribution in [0.1, 0.15) is 29.4 Å². The molecule has 2 atom stereocenters. The van der Waals surface area contributed by atoms with E-state index >= 15 is 0 Å². The zero-order valence-electron chi connectivity index (χ0n) is 30.8. The summed E-state index contributed by atoms with van der Waals surface area (Å²) in [6, 6.07) is 20.1. The van der Waals surface area contributed by atoms with Crippen LogP contribution in [0.2, 0.25) is 0 Å². The molecule has 19 nitrogen and oxygen atoms in total. The molecule has 4 aromatic heterocycles. The molecule has 4 aliphatic rings. The number of carbonyl (C=O) groups excluding carboxylic acids is 1. The van der Waals surface area contributed by atoms with Crippen LogP contribution in [-0.4, -0.2) is 71.8 Å². The molecule has 296 valence electrons. The fourth-order valence-electron chi connectivity index (χ4n) is 6.45. The Bertz CT molecular complexity index is 2740. The van der Waals surface area contributed by atoms with E-state index in [1.165, 1.54) is 31.6 Å². The number of hydrogen-bond acceptors (Lipinski definition) is 16. The van der Waals surface area contributed by atoms with E-state index in [1.807, 2.05) is 6.07 Å². The molecule has 0 saturated heterocycles. The number of hydrogen-bond donors (Lipinski definition) is 6. The van der Waals surface area contributed by atoms with Crippen molar-refractivity contribution in [3.8, 4) is 22.8 Å². The van der Waals surface area contributed by atoms with Gasteiger partial charge in [-0.3, -0.25) is 19.6 Å². The van der Waals surface area contributed by atoms with Crippen LogP contribution in [0.3, 0.4) is 0 Å². The van der Waals surface area contributed by atoms with Gasteiger partial charge in [0.2, 0.25) is 5.91 Å². The molecule has 4 aliphatic heterocycles. The molecule has 8 heterocycles. The van der Waals surface area contributed by atoms with Crippen LogP contribution in [0, 0.1) is 11.6 Å². The molecule has 2 unspecified atom stereocenters. The minimum absolute atomic E-state index is 0.201. The number of amidine groups is 3. The van der Waals surface area contributed by atoms with Gasteiger partial charge in [-0.2, -0.15) is 15.3 Å². The van der Waals surface area contributed by atoms with E-state index in [1.54, 1.807) is 76.4 Å². The van der Waals surface area contributed by atoms with Gasteiger partial charge in [-0.25, -0.2) is 29.2 Å². The molecule has 0 saturated carbocycles. The van der Waals surface area contributed by atoms with Gasteiger partial charge >= 0.3 is 0 Å². The third-order valence-corrected chi connectivity index (χ3v) is 9.30. The highest BCUT2D eigenvalue weighted by molar-refractivity contribution is 6.07. The lowest BCUT2D eigenvalue weighted by molar-refractivity contribution is -0.118. The molecule has 0 fully saturated rings. The average molecular weight is 799 g/mol. The second-order valence-electron chi connectivity index (χ2n) is 13.2. The molecule has 21 heteroatoms. The molecule has 10 rings (SSSR count). The third kappa shape index (κ3) is 7.47. The van der Waals surface area contributed by atoms with Crippen molar-refractivity contribution in [1.29, 1.82) is 0 Å². The number of amides is 1. The SMILES string of the molecule is CC(=O)NC1=C2C=NC(c3cc(-c4ccon4)n(Cc4ccccc4F)n3)=NC2NN1.NC1=NNC2N=C(c3cc(-c4ccon4)n(Cc4ccccc4F)n3)NC=C12. The summed E-state index contributed by atoms with van der Waals surface area (Å²) in [6.45, 7) is 1.86. The minimum Gasteiger partial charge on any atom is -0.382 e. The Hall–Kier alpha value is -8.07. The molecule has 0 spiro atoms. The number of aliphatic imine (C=N–C) groups is 3. The summed E-state index contributed by atoms with van der Waals surface area (Å²) in [6.07, 6.45) is 5.52. The first-order valence-electron chi connectivity index (χ1n) is 18.0. The number of hydrazine groups is 1. The van der Waals surface area contributed by atoms with Gasteiger partial charge in [0.05, 0.1) is 35.6 Å². The maximum absolute atomic E-state index is 14.2. The summed E-state index contributed by atoms with van der Waals surface area (Å²) in [7, 11) is 0. The average Bonchev–Trinajstić information content (AvgIpc) is 4.10. The zero-order chi connectivity index (χ0) is 40.5. The molecule has 0 bridgehead atoms. The third-order valence-electron chi connectivity index (χ3n) is 9.30. The molecular formula is C38H32F2N16O3. The van der Waals surface area contributed by atoms with Gasteiger partial charge in [-0.05, 0) is 24.3 Å². The van der Waals surface area contributed by atoms with E-state index < -0.39 is 6.17 Å². The summed E-state index contributed by atoms with van der Waals surface area (Å²) in [5.74, 6) is 1.03. The van der Waals surface area contributed by atoms with Crippen LogP contribution in [0.15, 0.2) is 138 Å². The Morgan fingerprint density at radius 3 is 2.07 bits per heavy atom. The van der Waals surface area contributed by atoms with Gasteiger partial charge in [-0.1, -0.05) is 46.7 Å². The van der Waals surface area contributed by atoms with Crippen LogP contribution in [0.25, 0.3) is 22.8 Å². The van der Waals surface area contributed by atoms with Crippen LogP contribution in [-0.2, 0) is 17.9 Å². The molecular weight excluding hydrogens is 767 g/mol. The number of fused-ring (bicyclic) bond motifs is 2. The summed E-state index contributed by atoms with van der Waals surface area (Å²) >= 11 is 0. The van der Waals surface area contributed by atoms with Crippen molar-refractivity contribution in [3.63, 3.8) is 0 Å². The largest absolute Gasteiger partial charge is 0.382 e. The quantitative estimate of drug-likeness (QED) is 0.124. The highest BCUT2D eigenvalue weighted by atomic mass is 19.1. The number of carbonyl (C=O) groups is 1. The molecule has 7 N–H and O–H groups in total. The van der Waals surface area contributed by atoms with Crippen molar-refractivity contribution >= 4 is 29.6 Å². The molecule has 0 radical (unpaired) electrons. The number of nitrogens with two attached hydrogens (primary N) is 1. The second kappa shape index (κ2) is 15.5. The van der Waals surface area contributed by atoms with E-state index in [0.29, 0.717) is 74.2 Å². The molecule has 6 aromatic rings. The fourth-order valence-corrected chi connectivity index (χ4v) is 6.45. The van der Waals surface area contributed by atoms with Crippen LogP contribution in [0.5, 0.6) is 0 Å².